The molecule has 1 N–H and O–H groups in total. The number of nitro benzene ring substituents is 1. The predicted molar refractivity (Wildman–Crippen MR) is 117 cm³/mol. The van der Waals surface area contributed by atoms with Crippen LogP contribution in [0.2, 0.25) is 0 Å². The Bertz CT molecular complexity index is 1260. The second kappa shape index (κ2) is 8.10. The third-order valence-corrected chi connectivity index (χ3v) is 5.41. The summed E-state index contributed by atoms with van der Waals surface area (Å²) < 4.78 is 18.1. The molecule has 0 radical (unpaired) electrons. The molecule has 11 heteroatoms. The maximum atomic E-state index is 13.2. The Morgan fingerprint density at radius 1 is 1.00 bits per heavy atom. The van der Waals surface area contributed by atoms with Crippen LogP contribution < -0.4 is 15.1 Å². The second-order valence-electron chi connectivity index (χ2n) is 7.30. The molecule has 1 fully saturated rings. The molecule has 0 saturated carbocycles. The molecule has 10 nitrogen and oxygen atoms in total. The summed E-state index contributed by atoms with van der Waals surface area (Å²) >= 11 is 0. The minimum Gasteiger partial charge on any atom is -0.368 e. The highest BCUT2D eigenvalue weighted by Crippen LogP contribution is 2.39. The lowest BCUT2D eigenvalue weighted by atomic mass is 10.1. The molecule has 0 aliphatic carbocycles. The van der Waals surface area contributed by atoms with Crippen molar-refractivity contribution in [2.24, 2.45) is 0 Å². The van der Waals surface area contributed by atoms with E-state index < -0.39 is 4.92 Å². The quantitative estimate of drug-likeness (QED) is 0.370. The van der Waals surface area contributed by atoms with Crippen molar-refractivity contribution < 1.29 is 13.9 Å². The normalized spacial score (nSPS) is 14.0. The van der Waals surface area contributed by atoms with Gasteiger partial charge in [-0.3, -0.25) is 10.1 Å². The summed E-state index contributed by atoms with van der Waals surface area (Å²) in [4.78, 5) is 19.8. The van der Waals surface area contributed by atoms with Gasteiger partial charge in [-0.1, -0.05) is 6.07 Å². The summed E-state index contributed by atoms with van der Waals surface area (Å²) in [6.07, 6.45) is 1.60. The molecule has 32 heavy (non-hydrogen) atoms. The number of nitrogens with zero attached hydrogens (tertiary/aromatic N) is 6. The fraction of sp³-hybridized carbons (Fsp3) is 0.190. The van der Waals surface area contributed by atoms with Gasteiger partial charge < -0.3 is 15.1 Å². The number of fused-ring (bicyclic) bond motifs is 1. The van der Waals surface area contributed by atoms with Gasteiger partial charge in [0.25, 0.3) is 0 Å². The van der Waals surface area contributed by atoms with E-state index in [1.165, 1.54) is 12.1 Å². The van der Waals surface area contributed by atoms with Crippen LogP contribution in [0.1, 0.15) is 0 Å². The maximum Gasteiger partial charge on any atom is 0.324 e. The van der Waals surface area contributed by atoms with Crippen LogP contribution in [-0.4, -0.2) is 46.4 Å². The zero-order valence-corrected chi connectivity index (χ0v) is 16.8. The zero-order valence-electron chi connectivity index (χ0n) is 16.8. The molecule has 1 saturated heterocycles. The standard InChI is InChI=1S/C21H18FN7O3/c22-14-4-6-15(7-5-14)27-9-11-28(12-10-27)17-13-16(24-18-3-1-2-8-23-18)21(29(30)31)20-19(17)25-32-26-20/h1-8,13H,9-12H2,(H,23,24). The average Bonchev–Trinajstić information content (AvgIpc) is 3.29. The van der Waals surface area contributed by atoms with Crippen LogP contribution >= 0.6 is 0 Å². The Morgan fingerprint density at radius 2 is 1.72 bits per heavy atom. The number of nitrogens with one attached hydrogen (secondary N) is 1. The highest BCUT2D eigenvalue weighted by Gasteiger charge is 2.29. The SMILES string of the molecule is O=[N+]([O-])c1c(Nc2ccccn2)cc(N2CCN(c3ccc(F)cc3)CC2)c2nonc12. The molecule has 0 unspecified atom stereocenters. The number of hydrogen-bond acceptors (Lipinski definition) is 9. The van der Waals surface area contributed by atoms with Crippen molar-refractivity contribution in [2.45, 2.75) is 0 Å². The highest BCUT2D eigenvalue weighted by atomic mass is 19.1. The summed E-state index contributed by atoms with van der Waals surface area (Å²) in [5, 5.41) is 22.6. The molecular formula is C21H18FN7O3. The lowest BCUT2D eigenvalue weighted by molar-refractivity contribution is -0.382. The highest BCUT2D eigenvalue weighted by molar-refractivity contribution is 6.00. The van der Waals surface area contributed by atoms with E-state index in [0.29, 0.717) is 43.2 Å². The van der Waals surface area contributed by atoms with Crippen LogP contribution in [0.15, 0.2) is 59.4 Å². The summed E-state index contributed by atoms with van der Waals surface area (Å²) in [7, 11) is 0. The molecule has 2 aromatic carbocycles. The van der Waals surface area contributed by atoms with Gasteiger partial charge in [-0.25, -0.2) is 14.0 Å². The van der Waals surface area contributed by atoms with Gasteiger partial charge in [0.2, 0.25) is 5.52 Å². The molecule has 0 spiro atoms. The lowest BCUT2D eigenvalue weighted by Gasteiger charge is -2.37. The topological polar surface area (TPSA) is 113 Å². The van der Waals surface area contributed by atoms with Crippen LogP contribution in [0.4, 0.5) is 33.0 Å². The van der Waals surface area contributed by atoms with E-state index in [0.717, 1.165) is 5.69 Å². The number of halogens is 1. The van der Waals surface area contributed by atoms with Gasteiger partial charge >= 0.3 is 5.69 Å². The Labute approximate surface area is 181 Å². The van der Waals surface area contributed by atoms with Gasteiger partial charge in [0.15, 0.2) is 5.52 Å². The number of rotatable bonds is 5. The van der Waals surface area contributed by atoms with E-state index in [1.807, 2.05) is 0 Å². The molecule has 162 valence electrons. The average molecular weight is 435 g/mol. The Kier molecular flexibility index (Phi) is 4.98. The summed E-state index contributed by atoms with van der Waals surface area (Å²) in [5.41, 5.74) is 2.07. The smallest absolute Gasteiger partial charge is 0.324 e. The van der Waals surface area contributed by atoms with Crippen molar-refractivity contribution in [3.05, 3.63) is 70.7 Å². The van der Waals surface area contributed by atoms with Crippen molar-refractivity contribution in [1.82, 2.24) is 15.3 Å². The number of hydrogen-bond donors (Lipinski definition) is 1. The first kappa shape index (κ1) is 19.7. The number of piperazine rings is 1. The van der Waals surface area contributed by atoms with Crippen molar-refractivity contribution in [3.63, 3.8) is 0 Å². The third-order valence-electron chi connectivity index (χ3n) is 5.41. The Morgan fingerprint density at radius 3 is 2.41 bits per heavy atom. The largest absolute Gasteiger partial charge is 0.368 e. The van der Waals surface area contributed by atoms with Crippen molar-refractivity contribution in [1.29, 1.82) is 0 Å². The van der Waals surface area contributed by atoms with E-state index in [9.17, 15) is 14.5 Å². The molecule has 0 atom stereocenters. The molecule has 4 aromatic rings. The van der Waals surface area contributed by atoms with Gasteiger partial charge in [-0.2, -0.15) is 0 Å². The Hall–Kier alpha value is -4.28. The Balaban J connectivity index is 1.47. The summed E-state index contributed by atoms with van der Waals surface area (Å²) in [6.45, 7) is 2.66. The van der Waals surface area contributed by atoms with Gasteiger partial charge in [-0.05, 0) is 52.8 Å². The van der Waals surface area contributed by atoms with Gasteiger partial charge in [0, 0.05) is 38.1 Å². The van der Waals surface area contributed by atoms with Crippen molar-refractivity contribution in [2.75, 3.05) is 41.3 Å². The van der Waals surface area contributed by atoms with Crippen molar-refractivity contribution in [3.8, 4) is 0 Å². The molecule has 1 aliphatic heterocycles. The number of nitro groups is 1. The van der Waals surface area contributed by atoms with Gasteiger partial charge in [-0.15, -0.1) is 0 Å². The fourth-order valence-corrected chi connectivity index (χ4v) is 3.87. The monoisotopic (exact) mass is 435 g/mol. The molecule has 0 bridgehead atoms. The molecule has 2 aromatic heterocycles. The van der Waals surface area contributed by atoms with Crippen LogP contribution in [0.3, 0.4) is 0 Å². The first-order chi connectivity index (χ1) is 15.6. The molecule has 0 amide bonds. The minimum atomic E-state index is -0.506. The lowest BCUT2D eigenvalue weighted by Crippen LogP contribution is -2.46. The third kappa shape index (κ3) is 3.64. The molecule has 5 rings (SSSR count). The number of pyridine rings is 1. The fourth-order valence-electron chi connectivity index (χ4n) is 3.87. The molecule has 3 heterocycles. The summed E-state index contributed by atoms with van der Waals surface area (Å²) in [5.74, 6) is 0.200. The maximum absolute atomic E-state index is 13.2. The van der Waals surface area contributed by atoms with E-state index in [2.05, 4.69) is 30.4 Å². The van der Waals surface area contributed by atoms with E-state index in [-0.39, 0.29) is 22.7 Å². The number of anilines is 4. The zero-order chi connectivity index (χ0) is 22.1. The van der Waals surface area contributed by atoms with Gasteiger partial charge in [0.1, 0.15) is 17.3 Å². The van der Waals surface area contributed by atoms with Crippen LogP contribution in [0.5, 0.6) is 0 Å². The van der Waals surface area contributed by atoms with Crippen LogP contribution in [0.25, 0.3) is 11.0 Å². The van der Waals surface area contributed by atoms with Gasteiger partial charge in [0.05, 0.1) is 10.6 Å². The number of aromatic nitrogens is 3. The molecule has 1 aliphatic rings. The first-order valence-corrected chi connectivity index (χ1v) is 9.97. The number of benzene rings is 2. The first-order valence-electron chi connectivity index (χ1n) is 9.97. The van der Waals surface area contributed by atoms with E-state index in [4.69, 9.17) is 4.63 Å². The second-order valence-corrected chi connectivity index (χ2v) is 7.30. The predicted octanol–water partition coefficient (Wildman–Crippen LogP) is 3.74. The van der Waals surface area contributed by atoms with Crippen LogP contribution in [0, 0.1) is 15.9 Å². The molecular weight excluding hydrogens is 417 g/mol. The summed E-state index contributed by atoms with van der Waals surface area (Å²) in [6, 6.07) is 13.3. The van der Waals surface area contributed by atoms with Crippen LogP contribution in [-0.2, 0) is 0 Å². The minimum absolute atomic E-state index is 0.0758. The van der Waals surface area contributed by atoms with E-state index >= 15 is 0 Å². The van der Waals surface area contributed by atoms with E-state index in [1.54, 1.807) is 42.6 Å². The van der Waals surface area contributed by atoms with Crippen molar-refractivity contribution >= 4 is 39.6 Å².